The second-order valence-electron chi connectivity index (χ2n) is 4.77. The fraction of sp³-hybridized carbons (Fsp3) is 0.417. The zero-order valence-electron chi connectivity index (χ0n) is 10.6. The highest BCUT2D eigenvalue weighted by Crippen LogP contribution is 2.21. The molecule has 0 radical (unpaired) electrons. The number of benzene rings is 1. The highest BCUT2D eigenvalue weighted by Gasteiger charge is 2.16. The maximum atomic E-state index is 11.6. The van der Waals surface area contributed by atoms with Crippen LogP contribution in [0.1, 0.15) is 26.3 Å². The zero-order chi connectivity index (χ0) is 13.8. The number of amides is 1. The van der Waals surface area contributed by atoms with Gasteiger partial charge in [0.25, 0.3) is 0 Å². The van der Waals surface area contributed by atoms with E-state index in [0.717, 1.165) is 0 Å². The number of rotatable bonds is 3. The highest BCUT2D eigenvalue weighted by molar-refractivity contribution is 6.31. The van der Waals surface area contributed by atoms with Gasteiger partial charge in [0.05, 0.1) is 0 Å². The predicted molar refractivity (Wildman–Crippen MR) is 69.9 cm³/mol. The second-order valence-corrected chi connectivity index (χ2v) is 5.18. The third-order valence-electron chi connectivity index (χ3n) is 1.96. The lowest BCUT2D eigenvalue weighted by atomic mass is 10.2. The Morgan fingerprint density at radius 2 is 2.11 bits per heavy atom. The van der Waals surface area contributed by atoms with Crippen LogP contribution < -0.4 is 10.8 Å². The zero-order valence-corrected chi connectivity index (χ0v) is 11.3. The van der Waals surface area contributed by atoms with Crippen molar-refractivity contribution in [1.82, 2.24) is 5.48 Å². The van der Waals surface area contributed by atoms with Crippen LogP contribution >= 0.6 is 11.6 Å². The van der Waals surface area contributed by atoms with Gasteiger partial charge < -0.3 is 9.94 Å². The van der Waals surface area contributed by atoms with Gasteiger partial charge in [-0.3, -0.25) is 5.32 Å². The molecule has 0 aliphatic heterocycles. The Hall–Kier alpha value is -1.30. The van der Waals surface area contributed by atoms with Gasteiger partial charge in [0.2, 0.25) is 0 Å². The molecule has 18 heavy (non-hydrogen) atoms. The molecule has 0 bridgehead atoms. The minimum atomic E-state index is -0.550. The molecule has 0 spiro atoms. The van der Waals surface area contributed by atoms with Crippen molar-refractivity contribution in [3.05, 3.63) is 28.8 Å². The average Bonchev–Trinajstić information content (AvgIpc) is 2.20. The van der Waals surface area contributed by atoms with E-state index >= 15 is 0 Å². The summed E-state index contributed by atoms with van der Waals surface area (Å²) in [5.74, 6) is 0. The number of ether oxygens (including phenoxy) is 1. The van der Waals surface area contributed by atoms with Crippen molar-refractivity contribution in [3.63, 3.8) is 0 Å². The number of nitrogens with one attached hydrogen (secondary N) is 2. The van der Waals surface area contributed by atoms with E-state index in [2.05, 4.69) is 5.32 Å². The molecule has 1 aromatic carbocycles. The smallest absolute Gasteiger partial charge is 0.412 e. The molecule has 3 N–H and O–H groups in total. The highest BCUT2D eigenvalue weighted by atomic mass is 35.5. The maximum Gasteiger partial charge on any atom is 0.412 e. The number of hydrogen-bond donors (Lipinski definition) is 3. The van der Waals surface area contributed by atoms with E-state index in [4.69, 9.17) is 21.5 Å². The molecule has 0 atom stereocenters. The summed E-state index contributed by atoms with van der Waals surface area (Å²) in [5, 5.41) is 11.8. The van der Waals surface area contributed by atoms with E-state index in [9.17, 15) is 4.79 Å². The predicted octanol–water partition coefficient (Wildman–Crippen LogP) is 3.17. The number of carbonyl (C=O) groups is 1. The van der Waals surface area contributed by atoms with E-state index < -0.39 is 11.7 Å². The molecule has 1 rings (SSSR count). The van der Waals surface area contributed by atoms with Crippen molar-refractivity contribution >= 4 is 23.4 Å². The van der Waals surface area contributed by atoms with Crippen molar-refractivity contribution in [2.75, 3.05) is 5.32 Å². The van der Waals surface area contributed by atoms with Gasteiger partial charge in [-0.25, -0.2) is 10.3 Å². The van der Waals surface area contributed by atoms with Crippen LogP contribution in [-0.2, 0) is 11.3 Å². The summed E-state index contributed by atoms with van der Waals surface area (Å²) in [5.41, 5.74) is 2.69. The summed E-state index contributed by atoms with van der Waals surface area (Å²) < 4.78 is 5.12. The average molecular weight is 273 g/mol. The normalized spacial score (nSPS) is 11.2. The van der Waals surface area contributed by atoms with Crippen molar-refractivity contribution in [2.45, 2.75) is 32.9 Å². The molecule has 0 saturated heterocycles. The summed E-state index contributed by atoms with van der Waals surface area (Å²) in [6, 6.07) is 4.96. The lowest BCUT2D eigenvalue weighted by Crippen LogP contribution is -2.27. The van der Waals surface area contributed by atoms with Crippen molar-refractivity contribution in [2.24, 2.45) is 0 Å². The van der Waals surface area contributed by atoms with Crippen LogP contribution in [0.2, 0.25) is 5.02 Å². The first-order chi connectivity index (χ1) is 8.31. The molecule has 0 aliphatic rings. The lowest BCUT2D eigenvalue weighted by Gasteiger charge is -2.19. The Labute approximate surface area is 111 Å². The topological polar surface area (TPSA) is 70.6 Å². The summed E-state index contributed by atoms with van der Waals surface area (Å²) in [6.45, 7) is 5.56. The lowest BCUT2D eigenvalue weighted by molar-refractivity contribution is 0.0636. The molecule has 5 nitrogen and oxygen atoms in total. The Morgan fingerprint density at radius 3 is 2.67 bits per heavy atom. The van der Waals surface area contributed by atoms with Crippen LogP contribution in [0.4, 0.5) is 10.5 Å². The SMILES string of the molecule is CC(C)(C)OC(=O)Nc1ccc(Cl)c(CNO)c1. The summed E-state index contributed by atoms with van der Waals surface area (Å²) in [4.78, 5) is 11.6. The number of anilines is 1. The molecular formula is C12H17ClN2O3. The minimum Gasteiger partial charge on any atom is -0.444 e. The molecule has 0 aromatic heterocycles. The first kappa shape index (κ1) is 14.8. The summed E-state index contributed by atoms with van der Waals surface area (Å²) in [6.07, 6.45) is -0.535. The number of carbonyl (C=O) groups excluding carboxylic acids is 1. The number of halogens is 1. The molecule has 1 aromatic rings. The largest absolute Gasteiger partial charge is 0.444 e. The minimum absolute atomic E-state index is 0.197. The molecule has 0 aliphatic carbocycles. The third kappa shape index (κ3) is 4.91. The molecule has 0 saturated carbocycles. The molecule has 0 fully saturated rings. The van der Waals surface area contributed by atoms with Crippen LogP contribution in [0, 0.1) is 0 Å². The monoisotopic (exact) mass is 272 g/mol. The summed E-state index contributed by atoms with van der Waals surface area (Å²) in [7, 11) is 0. The molecule has 1 amide bonds. The van der Waals surface area contributed by atoms with Gasteiger partial charge in [0.1, 0.15) is 5.60 Å². The van der Waals surface area contributed by atoms with Crippen LogP contribution in [0.3, 0.4) is 0 Å². The molecule has 0 heterocycles. The van der Waals surface area contributed by atoms with Crippen molar-refractivity contribution in [3.8, 4) is 0 Å². The van der Waals surface area contributed by atoms with Gasteiger partial charge in [-0.1, -0.05) is 11.6 Å². The Balaban J connectivity index is 2.73. The first-order valence-corrected chi connectivity index (χ1v) is 5.85. The van der Waals surface area contributed by atoms with Crippen LogP contribution in [0.25, 0.3) is 0 Å². The van der Waals surface area contributed by atoms with Crippen LogP contribution in [-0.4, -0.2) is 16.9 Å². The molecule has 100 valence electrons. The molecule has 6 heteroatoms. The van der Waals surface area contributed by atoms with E-state index in [1.165, 1.54) is 0 Å². The van der Waals surface area contributed by atoms with Gasteiger partial charge in [0.15, 0.2) is 0 Å². The van der Waals surface area contributed by atoms with Gasteiger partial charge in [-0.05, 0) is 44.5 Å². The van der Waals surface area contributed by atoms with E-state index in [-0.39, 0.29) is 6.54 Å². The standard InChI is InChI=1S/C12H17ClN2O3/c1-12(2,3)18-11(16)15-9-4-5-10(13)8(6-9)7-14-17/h4-6,14,17H,7H2,1-3H3,(H,15,16). The fourth-order valence-electron chi connectivity index (χ4n) is 1.29. The van der Waals surface area contributed by atoms with Crippen LogP contribution in [0.5, 0.6) is 0 Å². The molecule has 0 unspecified atom stereocenters. The van der Waals surface area contributed by atoms with Crippen molar-refractivity contribution < 1.29 is 14.7 Å². The second kappa shape index (κ2) is 6.04. The van der Waals surface area contributed by atoms with E-state index in [1.807, 2.05) is 5.48 Å². The maximum absolute atomic E-state index is 11.6. The van der Waals surface area contributed by atoms with E-state index in [0.29, 0.717) is 16.3 Å². The number of hydrogen-bond acceptors (Lipinski definition) is 4. The Kier molecular flexibility index (Phi) is 4.95. The Morgan fingerprint density at radius 1 is 1.44 bits per heavy atom. The third-order valence-corrected chi connectivity index (χ3v) is 2.33. The van der Waals surface area contributed by atoms with Gasteiger partial charge in [0, 0.05) is 17.3 Å². The van der Waals surface area contributed by atoms with Crippen LogP contribution in [0.15, 0.2) is 18.2 Å². The first-order valence-electron chi connectivity index (χ1n) is 5.47. The van der Waals surface area contributed by atoms with Gasteiger partial charge in [-0.2, -0.15) is 0 Å². The van der Waals surface area contributed by atoms with Gasteiger partial charge in [-0.15, -0.1) is 0 Å². The molecular weight excluding hydrogens is 256 g/mol. The van der Waals surface area contributed by atoms with E-state index in [1.54, 1.807) is 39.0 Å². The van der Waals surface area contributed by atoms with Gasteiger partial charge >= 0.3 is 6.09 Å². The Bertz CT molecular complexity index is 430. The summed E-state index contributed by atoms with van der Waals surface area (Å²) >= 11 is 5.92. The fourth-order valence-corrected chi connectivity index (χ4v) is 1.48. The van der Waals surface area contributed by atoms with Crippen molar-refractivity contribution in [1.29, 1.82) is 0 Å². The quantitative estimate of drug-likeness (QED) is 0.739. The number of hydroxylamine groups is 1.